The Kier molecular flexibility index (Phi) is 6.24. The number of hydrogen-bond donors (Lipinski definition) is 2. The Morgan fingerprint density at radius 1 is 1.36 bits per heavy atom. The van der Waals surface area contributed by atoms with Crippen molar-refractivity contribution in [3.8, 4) is 5.69 Å². The number of esters is 1. The first kappa shape index (κ1) is 18.6. The van der Waals surface area contributed by atoms with Crippen LogP contribution in [0.4, 0.5) is 4.39 Å². The van der Waals surface area contributed by atoms with Crippen molar-refractivity contribution in [3.05, 3.63) is 51.7 Å². The minimum atomic E-state index is -0.503. The van der Waals surface area contributed by atoms with E-state index in [1.54, 1.807) is 6.92 Å². The summed E-state index contributed by atoms with van der Waals surface area (Å²) in [6, 6.07) is 5.39. The van der Waals surface area contributed by atoms with Gasteiger partial charge in [-0.1, -0.05) is 0 Å². The molecule has 25 heavy (non-hydrogen) atoms. The molecule has 0 bridgehead atoms. The molecule has 0 amide bonds. The van der Waals surface area contributed by atoms with E-state index in [1.807, 2.05) is 0 Å². The summed E-state index contributed by atoms with van der Waals surface area (Å²) < 4.78 is 19.0. The molecule has 1 aromatic heterocycles. The molecule has 0 aliphatic rings. The average molecular weight is 349 g/mol. The number of halogens is 1. The molecule has 0 radical (unpaired) electrons. The second kappa shape index (κ2) is 8.39. The number of methoxy groups -OCH3 is 1. The van der Waals surface area contributed by atoms with E-state index in [9.17, 15) is 14.0 Å². The van der Waals surface area contributed by atoms with Crippen LogP contribution >= 0.6 is 0 Å². The summed E-state index contributed by atoms with van der Waals surface area (Å²) in [5, 5.41) is 11.7. The minimum absolute atomic E-state index is 0.00124. The summed E-state index contributed by atoms with van der Waals surface area (Å²) >= 11 is 0. The molecule has 0 unspecified atom stereocenters. The van der Waals surface area contributed by atoms with Crippen LogP contribution in [-0.4, -0.2) is 46.8 Å². The summed E-state index contributed by atoms with van der Waals surface area (Å²) in [6.07, 6.45) is 0.350. The third kappa shape index (κ3) is 4.42. The van der Waals surface area contributed by atoms with E-state index in [0.717, 1.165) is 0 Å². The molecular weight excluding hydrogens is 329 g/mol. The maximum atomic E-state index is 13.1. The van der Waals surface area contributed by atoms with Crippen molar-refractivity contribution in [2.75, 3.05) is 20.3 Å². The SMILES string of the molecule is COC(=O)Cc1[nH]n(-c2ccc(F)cc2)c(=O)c1C(C)=NCCCO. The number of carbonyl (C=O) groups is 1. The predicted molar refractivity (Wildman–Crippen MR) is 90.8 cm³/mol. The zero-order valence-electron chi connectivity index (χ0n) is 14.1. The fourth-order valence-corrected chi connectivity index (χ4v) is 2.37. The fourth-order valence-electron chi connectivity index (χ4n) is 2.37. The van der Waals surface area contributed by atoms with Gasteiger partial charge in [0, 0.05) is 18.9 Å². The molecule has 2 N–H and O–H groups in total. The van der Waals surface area contributed by atoms with Crippen LogP contribution in [0.2, 0.25) is 0 Å². The first-order chi connectivity index (χ1) is 12.0. The van der Waals surface area contributed by atoms with E-state index in [0.29, 0.717) is 30.1 Å². The molecule has 1 heterocycles. The van der Waals surface area contributed by atoms with Crippen molar-refractivity contribution in [3.63, 3.8) is 0 Å². The highest BCUT2D eigenvalue weighted by Crippen LogP contribution is 2.11. The largest absolute Gasteiger partial charge is 0.469 e. The van der Waals surface area contributed by atoms with E-state index in [2.05, 4.69) is 14.8 Å². The highest BCUT2D eigenvalue weighted by atomic mass is 19.1. The number of aliphatic hydroxyl groups excluding tert-OH is 1. The highest BCUT2D eigenvalue weighted by molar-refractivity contribution is 6.00. The second-order valence-corrected chi connectivity index (χ2v) is 5.38. The van der Waals surface area contributed by atoms with Gasteiger partial charge in [0.25, 0.3) is 5.56 Å². The number of carbonyl (C=O) groups excluding carboxylic acids is 1. The van der Waals surface area contributed by atoms with Crippen LogP contribution in [0.5, 0.6) is 0 Å². The van der Waals surface area contributed by atoms with Crippen molar-refractivity contribution >= 4 is 11.7 Å². The van der Waals surface area contributed by atoms with Crippen LogP contribution in [-0.2, 0) is 16.0 Å². The summed E-state index contributed by atoms with van der Waals surface area (Å²) in [6.45, 7) is 2.03. The molecule has 0 spiro atoms. The number of nitrogens with zero attached hydrogens (tertiary/aromatic N) is 2. The minimum Gasteiger partial charge on any atom is -0.469 e. The van der Waals surface area contributed by atoms with Crippen LogP contribution in [0.1, 0.15) is 24.6 Å². The monoisotopic (exact) mass is 349 g/mol. The van der Waals surface area contributed by atoms with E-state index in [-0.39, 0.29) is 18.6 Å². The molecular formula is C17H20FN3O4. The number of ether oxygens (including phenoxy) is 1. The number of nitrogens with one attached hydrogen (secondary N) is 1. The van der Waals surface area contributed by atoms with E-state index in [4.69, 9.17) is 5.11 Å². The van der Waals surface area contributed by atoms with Gasteiger partial charge in [0.15, 0.2) is 0 Å². The second-order valence-electron chi connectivity index (χ2n) is 5.38. The van der Waals surface area contributed by atoms with Gasteiger partial charge in [-0.15, -0.1) is 0 Å². The summed E-state index contributed by atoms with van der Waals surface area (Å²) in [5.74, 6) is -0.919. The van der Waals surface area contributed by atoms with E-state index < -0.39 is 17.3 Å². The Labute approximate surface area is 143 Å². The van der Waals surface area contributed by atoms with Crippen molar-refractivity contribution in [1.29, 1.82) is 0 Å². The van der Waals surface area contributed by atoms with Gasteiger partial charge in [-0.25, -0.2) is 9.07 Å². The number of H-pyrrole nitrogens is 1. The van der Waals surface area contributed by atoms with Gasteiger partial charge in [-0.3, -0.25) is 19.7 Å². The van der Waals surface area contributed by atoms with Crippen molar-refractivity contribution in [1.82, 2.24) is 9.78 Å². The lowest BCUT2D eigenvalue weighted by molar-refractivity contribution is -0.139. The molecule has 134 valence electrons. The van der Waals surface area contributed by atoms with Gasteiger partial charge in [0.05, 0.1) is 30.5 Å². The van der Waals surface area contributed by atoms with Crippen molar-refractivity contribution in [2.45, 2.75) is 19.8 Å². The first-order valence-corrected chi connectivity index (χ1v) is 7.76. The molecule has 2 aromatic rings. The Morgan fingerprint density at radius 2 is 2.04 bits per heavy atom. The molecule has 0 saturated heterocycles. The zero-order chi connectivity index (χ0) is 18.4. The maximum absolute atomic E-state index is 13.1. The number of rotatable bonds is 7. The number of aliphatic hydroxyl groups is 1. The first-order valence-electron chi connectivity index (χ1n) is 7.76. The average Bonchev–Trinajstić information content (AvgIpc) is 2.91. The predicted octanol–water partition coefficient (Wildman–Crippen LogP) is 1.21. The summed E-state index contributed by atoms with van der Waals surface area (Å²) in [4.78, 5) is 28.7. The fraction of sp³-hybridized carbons (Fsp3) is 0.353. The smallest absolute Gasteiger partial charge is 0.311 e. The Balaban J connectivity index is 2.51. The Hall–Kier alpha value is -2.74. The molecule has 0 atom stereocenters. The van der Waals surface area contributed by atoms with Gasteiger partial charge in [0.1, 0.15) is 5.82 Å². The lowest BCUT2D eigenvalue weighted by Crippen LogP contribution is -2.20. The number of aromatic amines is 1. The maximum Gasteiger partial charge on any atom is 0.311 e. The lowest BCUT2D eigenvalue weighted by atomic mass is 10.1. The third-order valence-electron chi connectivity index (χ3n) is 3.63. The quantitative estimate of drug-likeness (QED) is 0.446. The van der Waals surface area contributed by atoms with Crippen LogP contribution in [0, 0.1) is 5.82 Å². The standard InChI is InChI=1S/C17H20FN3O4/c1-11(19-8-3-9-22)16-14(10-15(23)25-2)20-21(17(16)24)13-6-4-12(18)5-7-13/h4-7,20,22H,3,8-10H2,1-2H3. The molecule has 0 saturated carbocycles. The molecule has 1 aromatic carbocycles. The lowest BCUT2D eigenvalue weighted by Gasteiger charge is -2.02. The molecule has 8 heteroatoms. The molecule has 0 fully saturated rings. The zero-order valence-corrected chi connectivity index (χ0v) is 14.1. The number of hydrogen-bond acceptors (Lipinski definition) is 5. The van der Waals surface area contributed by atoms with Crippen LogP contribution in [0.25, 0.3) is 5.69 Å². The van der Waals surface area contributed by atoms with Gasteiger partial charge >= 0.3 is 5.97 Å². The molecule has 7 nitrogen and oxygen atoms in total. The molecule has 0 aliphatic carbocycles. The number of aliphatic imine (C=N–C) groups is 1. The Bertz CT molecular complexity index is 821. The Morgan fingerprint density at radius 3 is 2.64 bits per heavy atom. The van der Waals surface area contributed by atoms with Crippen LogP contribution in [0.3, 0.4) is 0 Å². The third-order valence-corrected chi connectivity index (χ3v) is 3.63. The topological polar surface area (TPSA) is 96.7 Å². The van der Waals surface area contributed by atoms with E-state index in [1.165, 1.54) is 36.1 Å². The highest BCUT2D eigenvalue weighted by Gasteiger charge is 2.20. The van der Waals surface area contributed by atoms with Gasteiger partial charge in [0.2, 0.25) is 0 Å². The van der Waals surface area contributed by atoms with Crippen molar-refractivity contribution < 1.29 is 19.0 Å². The van der Waals surface area contributed by atoms with Crippen LogP contribution in [0.15, 0.2) is 34.1 Å². The number of benzene rings is 1. The van der Waals surface area contributed by atoms with Crippen LogP contribution < -0.4 is 5.56 Å². The summed E-state index contributed by atoms with van der Waals surface area (Å²) in [7, 11) is 1.26. The normalized spacial score (nSPS) is 11.6. The van der Waals surface area contributed by atoms with Gasteiger partial charge in [-0.2, -0.15) is 0 Å². The van der Waals surface area contributed by atoms with Gasteiger partial charge in [-0.05, 0) is 37.6 Å². The molecule has 2 rings (SSSR count). The van der Waals surface area contributed by atoms with Crippen molar-refractivity contribution in [2.24, 2.45) is 4.99 Å². The number of aromatic nitrogens is 2. The molecule has 0 aliphatic heterocycles. The van der Waals surface area contributed by atoms with Gasteiger partial charge < -0.3 is 9.84 Å². The van der Waals surface area contributed by atoms with E-state index >= 15 is 0 Å². The summed E-state index contributed by atoms with van der Waals surface area (Å²) in [5.41, 5.74) is 1.14.